The van der Waals surface area contributed by atoms with Gasteiger partial charge in [0.05, 0.1) is 0 Å². The molecule has 0 unspecified atom stereocenters. The third-order valence-electron chi connectivity index (χ3n) is 2.16. The summed E-state index contributed by atoms with van der Waals surface area (Å²) in [5.41, 5.74) is 2.40. The van der Waals surface area contributed by atoms with Crippen molar-refractivity contribution < 1.29 is 0 Å². The first-order valence-corrected chi connectivity index (χ1v) is 5.10. The molecule has 0 aliphatic heterocycles. The number of aromatic nitrogens is 1. The minimum absolute atomic E-state index is 0.920. The highest BCUT2D eigenvalue weighted by Crippen LogP contribution is 1.95. The fraction of sp³-hybridized carbons (Fsp3) is 0.417. The van der Waals surface area contributed by atoms with E-state index in [4.69, 9.17) is 0 Å². The average molecular weight is 190 g/mol. The van der Waals surface area contributed by atoms with Crippen LogP contribution in [0.2, 0.25) is 0 Å². The smallest absolute Gasteiger partial charge is 0.0416 e. The normalized spacial score (nSPS) is 10.1. The monoisotopic (exact) mass is 190 g/mol. The molecule has 0 saturated heterocycles. The summed E-state index contributed by atoms with van der Waals surface area (Å²) >= 11 is 0. The fourth-order valence-corrected chi connectivity index (χ4v) is 1.15. The Kier molecular flexibility index (Phi) is 4.94. The molecule has 1 aromatic heterocycles. The van der Waals surface area contributed by atoms with Gasteiger partial charge in [-0.1, -0.05) is 25.1 Å². The molecule has 0 saturated carbocycles. The maximum absolute atomic E-state index is 4.25. The average Bonchev–Trinajstić information content (AvgIpc) is 2.25. The van der Waals surface area contributed by atoms with Crippen molar-refractivity contribution in [3.8, 4) is 0 Å². The summed E-state index contributed by atoms with van der Waals surface area (Å²) < 4.78 is 0. The Bertz CT molecular complexity index is 267. The molecule has 2 nitrogen and oxygen atoms in total. The van der Waals surface area contributed by atoms with Crippen LogP contribution in [0.5, 0.6) is 0 Å². The van der Waals surface area contributed by atoms with Crippen LogP contribution in [0.3, 0.4) is 0 Å². The lowest BCUT2D eigenvalue weighted by molar-refractivity contribution is 0.709. The summed E-state index contributed by atoms with van der Waals surface area (Å²) in [5.74, 6) is 0. The van der Waals surface area contributed by atoms with Crippen LogP contribution in [0, 0.1) is 0 Å². The molecule has 0 aliphatic rings. The van der Waals surface area contributed by atoms with Crippen molar-refractivity contribution >= 4 is 0 Å². The van der Waals surface area contributed by atoms with Crippen LogP contribution in [0.1, 0.15) is 19.0 Å². The first kappa shape index (κ1) is 10.9. The van der Waals surface area contributed by atoms with E-state index < -0.39 is 0 Å². The quantitative estimate of drug-likeness (QED) is 0.549. The van der Waals surface area contributed by atoms with Gasteiger partial charge >= 0.3 is 0 Å². The second-order valence-electron chi connectivity index (χ2n) is 3.35. The van der Waals surface area contributed by atoms with Crippen LogP contribution < -0.4 is 5.32 Å². The van der Waals surface area contributed by atoms with Gasteiger partial charge < -0.3 is 5.32 Å². The Hall–Kier alpha value is -1.15. The van der Waals surface area contributed by atoms with E-state index in [0.29, 0.717) is 0 Å². The summed E-state index contributed by atoms with van der Waals surface area (Å²) in [6.07, 6.45) is 3.87. The van der Waals surface area contributed by atoms with E-state index in [2.05, 4.69) is 29.9 Å². The fourth-order valence-electron chi connectivity index (χ4n) is 1.15. The SMILES string of the molecule is C=C(CC)CNCCc1ccccn1. The van der Waals surface area contributed by atoms with Gasteiger partial charge in [0.2, 0.25) is 0 Å². The van der Waals surface area contributed by atoms with E-state index in [9.17, 15) is 0 Å². The number of nitrogens with zero attached hydrogens (tertiary/aromatic N) is 1. The maximum atomic E-state index is 4.25. The molecule has 0 bridgehead atoms. The molecule has 1 N–H and O–H groups in total. The molecule has 0 fully saturated rings. The zero-order chi connectivity index (χ0) is 10.2. The van der Waals surface area contributed by atoms with Gasteiger partial charge in [-0.25, -0.2) is 0 Å². The molecular weight excluding hydrogens is 172 g/mol. The Balaban J connectivity index is 2.13. The zero-order valence-corrected chi connectivity index (χ0v) is 8.79. The van der Waals surface area contributed by atoms with E-state index in [1.165, 1.54) is 5.57 Å². The van der Waals surface area contributed by atoms with Crippen molar-refractivity contribution in [2.45, 2.75) is 19.8 Å². The van der Waals surface area contributed by atoms with Gasteiger partial charge in [-0.15, -0.1) is 0 Å². The molecule has 14 heavy (non-hydrogen) atoms. The zero-order valence-electron chi connectivity index (χ0n) is 8.79. The van der Waals surface area contributed by atoms with Crippen molar-refractivity contribution in [1.29, 1.82) is 0 Å². The summed E-state index contributed by atoms with van der Waals surface area (Å²) in [6.45, 7) is 7.96. The van der Waals surface area contributed by atoms with E-state index >= 15 is 0 Å². The second kappa shape index (κ2) is 6.33. The Morgan fingerprint density at radius 2 is 2.36 bits per heavy atom. The first-order valence-electron chi connectivity index (χ1n) is 5.10. The van der Waals surface area contributed by atoms with Crippen LogP contribution in [0.15, 0.2) is 36.5 Å². The molecule has 0 aliphatic carbocycles. The van der Waals surface area contributed by atoms with Crippen LogP contribution in [-0.2, 0) is 6.42 Å². The second-order valence-corrected chi connectivity index (χ2v) is 3.35. The number of pyridine rings is 1. The molecule has 0 aromatic carbocycles. The van der Waals surface area contributed by atoms with Crippen molar-refractivity contribution in [2.75, 3.05) is 13.1 Å². The van der Waals surface area contributed by atoms with Crippen molar-refractivity contribution in [1.82, 2.24) is 10.3 Å². The molecule has 76 valence electrons. The predicted molar refractivity (Wildman–Crippen MR) is 60.2 cm³/mol. The van der Waals surface area contributed by atoms with E-state index in [1.807, 2.05) is 18.3 Å². The lowest BCUT2D eigenvalue weighted by atomic mass is 10.2. The van der Waals surface area contributed by atoms with Gasteiger partial charge in [-0.3, -0.25) is 4.98 Å². The van der Waals surface area contributed by atoms with Gasteiger partial charge in [-0.05, 0) is 18.6 Å². The summed E-state index contributed by atoms with van der Waals surface area (Å²) in [4.78, 5) is 4.25. The van der Waals surface area contributed by atoms with Gasteiger partial charge in [0.1, 0.15) is 0 Å². The van der Waals surface area contributed by atoms with Crippen molar-refractivity contribution in [3.63, 3.8) is 0 Å². The summed E-state index contributed by atoms with van der Waals surface area (Å²) in [6, 6.07) is 6.01. The van der Waals surface area contributed by atoms with E-state index in [0.717, 1.165) is 31.6 Å². The lowest BCUT2D eigenvalue weighted by Crippen LogP contribution is -2.19. The van der Waals surface area contributed by atoms with E-state index in [-0.39, 0.29) is 0 Å². The topological polar surface area (TPSA) is 24.9 Å². The molecule has 0 amide bonds. The molecule has 0 atom stereocenters. The number of hydrogen-bond acceptors (Lipinski definition) is 2. The van der Waals surface area contributed by atoms with Crippen LogP contribution in [0.25, 0.3) is 0 Å². The standard InChI is InChI=1S/C12H18N2/c1-3-11(2)10-13-9-7-12-6-4-5-8-14-12/h4-6,8,13H,2-3,7,9-10H2,1H3. The molecule has 0 spiro atoms. The van der Waals surface area contributed by atoms with Gasteiger partial charge in [0.15, 0.2) is 0 Å². The highest BCUT2D eigenvalue weighted by molar-refractivity contribution is 5.04. The third-order valence-corrected chi connectivity index (χ3v) is 2.16. The first-order chi connectivity index (χ1) is 6.83. The Labute approximate surface area is 86.1 Å². The van der Waals surface area contributed by atoms with Gasteiger partial charge in [0.25, 0.3) is 0 Å². The third kappa shape index (κ3) is 4.19. The number of hydrogen-bond donors (Lipinski definition) is 1. The highest BCUT2D eigenvalue weighted by Gasteiger charge is 1.93. The molecule has 2 heteroatoms. The Morgan fingerprint density at radius 1 is 1.50 bits per heavy atom. The Morgan fingerprint density at radius 3 is 3.00 bits per heavy atom. The number of rotatable bonds is 6. The summed E-state index contributed by atoms with van der Waals surface area (Å²) in [5, 5.41) is 3.35. The highest BCUT2D eigenvalue weighted by atomic mass is 14.9. The van der Waals surface area contributed by atoms with Gasteiger partial charge in [0, 0.05) is 31.4 Å². The molecule has 0 radical (unpaired) electrons. The number of nitrogens with one attached hydrogen (secondary N) is 1. The molecular formula is C12H18N2. The van der Waals surface area contributed by atoms with Crippen LogP contribution in [0.4, 0.5) is 0 Å². The molecule has 1 aromatic rings. The van der Waals surface area contributed by atoms with Crippen molar-refractivity contribution in [3.05, 3.63) is 42.2 Å². The lowest BCUT2D eigenvalue weighted by Gasteiger charge is -2.04. The molecule has 1 rings (SSSR count). The van der Waals surface area contributed by atoms with Gasteiger partial charge in [-0.2, -0.15) is 0 Å². The van der Waals surface area contributed by atoms with E-state index in [1.54, 1.807) is 0 Å². The maximum Gasteiger partial charge on any atom is 0.0416 e. The largest absolute Gasteiger partial charge is 0.313 e. The predicted octanol–water partition coefficient (Wildman–Crippen LogP) is 2.18. The molecule has 1 heterocycles. The van der Waals surface area contributed by atoms with Crippen LogP contribution >= 0.6 is 0 Å². The minimum atomic E-state index is 0.920. The van der Waals surface area contributed by atoms with Crippen molar-refractivity contribution in [2.24, 2.45) is 0 Å². The minimum Gasteiger partial charge on any atom is -0.313 e. The van der Waals surface area contributed by atoms with Crippen LogP contribution in [-0.4, -0.2) is 18.1 Å². The summed E-state index contributed by atoms with van der Waals surface area (Å²) in [7, 11) is 0.